The van der Waals surface area contributed by atoms with Gasteiger partial charge in [-0.3, -0.25) is 0 Å². The number of hydrogen-bond acceptors (Lipinski definition) is 3. The average molecular weight is 310 g/mol. The quantitative estimate of drug-likeness (QED) is 0.930. The summed E-state index contributed by atoms with van der Waals surface area (Å²) in [6.07, 6.45) is 0.744. The Labute approximate surface area is 129 Å². The van der Waals surface area contributed by atoms with Crippen LogP contribution in [0.3, 0.4) is 0 Å². The minimum absolute atomic E-state index is 0.00204. The van der Waals surface area contributed by atoms with Crippen LogP contribution < -0.4 is 0 Å². The first-order valence-electron chi connectivity index (χ1n) is 7.24. The number of nitrogens with zero attached hydrogens (tertiary/aromatic N) is 2. The predicted octanol–water partition coefficient (Wildman–Crippen LogP) is 2.87. The molecule has 1 N–H and O–H groups in total. The third-order valence-electron chi connectivity index (χ3n) is 3.97. The van der Waals surface area contributed by atoms with E-state index in [1.54, 1.807) is 16.2 Å². The van der Waals surface area contributed by atoms with Crippen LogP contribution in [0.15, 0.2) is 17.5 Å². The number of likely N-dealkylation sites (tertiary alicyclic amines) is 1. The molecule has 5 nitrogen and oxygen atoms in total. The second-order valence-corrected chi connectivity index (χ2v) is 6.86. The van der Waals surface area contributed by atoms with Crippen molar-refractivity contribution in [2.75, 3.05) is 6.54 Å². The summed E-state index contributed by atoms with van der Waals surface area (Å²) in [7, 11) is 0. The molecule has 0 saturated carbocycles. The molecule has 21 heavy (non-hydrogen) atoms. The van der Waals surface area contributed by atoms with E-state index >= 15 is 0 Å². The van der Waals surface area contributed by atoms with Crippen LogP contribution in [0.2, 0.25) is 0 Å². The van der Waals surface area contributed by atoms with Gasteiger partial charge in [-0.05, 0) is 37.6 Å². The van der Waals surface area contributed by atoms with Crippen molar-refractivity contribution >= 4 is 23.3 Å². The molecule has 0 radical (unpaired) electrons. The van der Waals surface area contributed by atoms with E-state index in [1.165, 1.54) is 4.90 Å². The lowest BCUT2D eigenvalue weighted by molar-refractivity contribution is -0.142. The van der Waals surface area contributed by atoms with Gasteiger partial charge in [-0.25, -0.2) is 9.59 Å². The third-order valence-corrected chi connectivity index (χ3v) is 4.84. The molecule has 2 atom stereocenters. The van der Waals surface area contributed by atoms with Crippen molar-refractivity contribution in [1.82, 2.24) is 9.80 Å². The predicted molar refractivity (Wildman–Crippen MR) is 82.3 cm³/mol. The molecular formula is C15H22N2O3S. The number of thiophene rings is 1. The monoisotopic (exact) mass is 310 g/mol. The van der Waals surface area contributed by atoms with Crippen molar-refractivity contribution in [1.29, 1.82) is 0 Å². The molecule has 1 saturated heterocycles. The Morgan fingerprint density at radius 1 is 1.52 bits per heavy atom. The molecule has 1 aromatic heterocycles. The van der Waals surface area contributed by atoms with E-state index in [-0.39, 0.29) is 18.0 Å². The molecule has 6 heteroatoms. The van der Waals surface area contributed by atoms with Gasteiger partial charge in [0.15, 0.2) is 0 Å². The summed E-state index contributed by atoms with van der Waals surface area (Å²) in [6.45, 7) is 6.86. The van der Waals surface area contributed by atoms with Crippen LogP contribution in [0.4, 0.5) is 4.79 Å². The second-order valence-electron chi connectivity index (χ2n) is 5.83. The molecule has 2 amide bonds. The molecule has 0 aliphatic carbocycles. The first kappa shape index (κ1) is 15.8. The fourth-order valence-corrected chi connectivity index (χ4v) is 3.45. The highest BCUT2D eigenvalue weighted by Gasteiger charge is 2.41. The Bertz CT molecular complexity index is 501. The minimum atomic E-state index is -0.909. The molecule has 0 spiro atoms. The highest BCUT2D eigenvalue weighted by molar-refractivity contribution is 7.09. The first-order valence-corrected chi connectivity index (χ1v) is 8.12. The topological polar surface area (TPSA) is 60.9 Å². The molecule has 0 aromatic carbocycles. The maximum atomic E-state index is 12.8. The normalized spacial score (nSPS) is 21.8. The van der Waals surface area contributed by atoms with Crippen molar-refractivity contribution in [3.8, 4) is 0 Å². The van der Waals surface area contributed by atoms with E-state index in [2.05, 4.69) is 0 Å². The summed E-state index contributed by atoms with van der Waals surface area (Å²) in [5.74, 6) is -0.907. The van der Waals surface area contributed by atoms with Crippen LogP contribution in [-0.2, 0) is 11.3 Å². The summed E-state index contributed by atoms with van der Waals surface area (Å²) >= 11 is 1.61. The van der Waals surface area contributed by atoms with Gasteiger partial charge < -0.3 is 14.9 Å². The fraction of sp³-hybridized carbons (Fsp3) is 0.600. The van der Waals surface area contributed by atoms with Gasteiger partial charge >= 0.3 is 12.0 Å². The van der Waals surface area contributed by atoms with Gasteiger partial charge in [0, 0.05) is 17.5 Å². The second kappa shape index (κ2) is 6.47. The minimum Gasteiger partial charge on any atom is -0.480 e. The van der Waals surface area contributed by atoms with Crippen LogP contribution in [-0.4, -0.2) is 45.5 Å². The molecular weight excluding hydrogens is 288 g/mol. The number of hydrogen-bond donors (Lipinski definition) is 1. The smallest absolute Gasteiger partial charge is 0.326 e. The lowest BCUT2D eigenvalue weighted by Crippen LogP contribution is -2.50. The zero-order valence-electron chi connectivity index (χ0n) is 12.7. The van der Waals surface area contributed by atoms with Crippen molar-refractivity contribution in [3.63, 3.8) is 0 Å². The van der Waals surface area contributed by atoms with Crippen molar-refractivity contribution in [2.24, 2.45) is 5.92 Å². The van der Waals surface area contributed by atoms with Gasteiger partial charge in [-0.2, -0.15) is 0 Å². The summed E-state index contributed by atoms with van der Waals surface area (Å²) in [5.41, 5.74) is 0. The number of aliphatic carboxylic acids is 1. The van der Waals surface area contributed by atoms with E-state index in [0.29, 0.717) is 13.1 Å². The molecule has 2 unspecified atom stereocenters. The Morgan fingerprint density at radius 2 is 2.24 bits per heavy atom. The Balaban J connectivity index is 2.16. The molecule has 0 bridgehead atoms. The largest absolute Gasteiger partial charge is 0.480 e. The van der Waals surface area contributed by atoms with Gasteiger partial charge in [0.05, 0.1) is 6.54 Å². The van der Waals surface area contributed by atoms with Crippen LogP contribution in [0.25, 0.3) is 0 Å². The summed E-state index contributed by atoms with van der Waals surface area (Å²) in [6, 6.07) is 3.11. The van der Waals surface area contributed by atoms with Crippen LogP contribution in [0, 0.1) is 5.92 Å². The van der Waals surface area contributed by atoms with Crippen LogP contribution >= 0.6 is 11.3 Å². The SMILES string of the molecule is CC1CCN(C(=O)N(Cc2cccs2)C(C)C)C1C(=O)O. The summed E-state index contributed by atoms with van der Waals surface area (Å²) < 4.78 is 0. The van der Waals surface area contributed by atoms with Gasteiger partial charge in [-0.15, -0.1) is 11.3 Å². The van der Waals surface area contributed by atoms with E-state index in [0.717, 1.165) is 11.3 Å². The number of carbonyl (C=O) groups excluding carboxylic acids is 1. The van der Waals surface area contributed by atoms with Gasteiger partial charge in [0.2, 0.25) is 0 Å². The van der Waals surface area contributed by atoms with Gasteiger partial charge in [0.25, 0.3) is 0 Å². The molecule has 1 aromatic rings. The number of amides is 2. The zero-order chi connectivity index (χ0) is 15.6. The maximum absolute atomic E-state index is 12.8. The number of urea groups is 1. The van der Waals surface area contributed by atoms with Crippen molar-refractivity contribution in [2.45, 2.75) is 45.8 Å². The Kier molecular flexibility index (Phi) is 4.88. The van der Waals surface area contributed by atoms with E-state index < -0.39 is 12.0 Å². The number of carboxylic acid groups (broad SMARTS) is 1. The lowest BCUT2D eigenvalue weighted by Gasteiger charge is -2.33. The third kappa shape index (κ3) is 3.37. The summed E-state index contributed by atoms with van der Waals surface area (Å²) in [5, 5.41) is 11.4. The fourth-order valence-electron chi connectivity index (χ4n) is 2.74. The number of carboxylic acids is 1. The highest BCUT2D eigenvalue weighted by atomic mass is 32.1. The standard InChI is InChI=1S/C15H22N2O3S/c1-10(2)17(9-12-5-4-8-21-12)15(20)16-7-6-11(3)13(16)14(18)19/h4-5,8,10-11,13H,6-7,9H2,1-3H3,(H,18,19). The van der Waals surface area contributed by atoms with Crippen molar-refractivity contribution < 1.29 is 14.7 Å². The van der Waals surface area contributed by atoms with Crippen LogP contribution in [0.1, 0.15) is 32.1 Å². The van der Waals surface area contributed by atoms with Crippen molar-refractivity contribution in [3.05, 3.63) is 22.4 Å². The zero-order valence-corrected chi connectivity index (χ0v) is 13.5. The average Bonchev–Trinajstić information content (AvgIpc) is 3.03. The molecule has 1 aliphatic heterocycles. The Hall–Kier alpha value is -1.56. The van der Waals surface area contributed by atoms with E-state index in [4.69, 9.17) is 0 Å². The highest BCUT2D eigenvalue weighted by Crippen LogP contribution is 2.26. The van der Waals surface area contributed by atoms with E-state index in [1.807, 2.05) is 38.3 Å². The number of carbonyl (C=O) groups is 2. The summed E-state index contributed by atoms with van der Waals surface area (Å²) in [4.78, 5) is 28.6. The number of rotatable bonds is 4. The van der Waals surface area contributed by atoms with Gasteiger partial charge in [0.1, 0.15) is 6.04 Å². The van der Waals surface area contributed by atoms with Crippen LogP contribution in [0.5, 0.6) is 0 Å². The maximum Gasteiger partial charge on any atom is 0.326 e. The molecule has 1 fully saturated rings. The Morgan fingerprint density at radius 3 is 2.76 bits per heavy atom. The molecule has 116 valence electrons. The molecule has 2 rings (SSSR count). The molecule has 2 heterocycles. The van der Waals surface area contributed by atoms with E-state index in [9.17, 15) is 14.7 Å². The molecule has 1 aliphatic rings. The van der Waals surface area contributed by atoms with Gasteiger partial charge in [-0.1, -0.05) is 13.0 Å². The lowest BCUT2D eigenvalue weighted by atomic mass is 10.0. The first-order chi connectivity index (χ1) is 9.91.